The zero-order chi connectivity index (χ0) is 13.5. The molecule has 1 aromatic rings. The van der Waals surface area contributed by atoms with Gasteiger partial charge in [0.25, 0.3) is 0 Å². The van der Waals surface area contributed by atoms with Gasteiger partial charge in [0, 0.05) is 23.5 Å². The molecule has 0 amide bonds. The summed E-state index contributed by atoms with van der Waals surface area (Å²) in [6, 6.07) is 4.03. The van der Waals surface area contributed by atoms with Gasteiger partial charge in [-0.05, 0) is 23.1 Å². The molecule has 0 aliphatic carbocycles. The van der Waals surface area contributed by atoms with Crippen LogP contribution in [-0.4, -0.2) is 12.4 Å². The van der Waals surface area contributed by atoms with E-state index in [1.165, 1.54) is 5.56 Å². The van der Waals surface area contributed by atoms with E-state index in [2.05, 4.69) is 20.8 Å². The summed E-state index contributed by atoms with van der Waals surface area (Å²) in [6.45, 7) is 11.1. The van der Waals surface area contributed by atoms with Gasteiger partial charge in [-0.2, -0.15) is 0 Å². The Morgan fingerprint density at radius 3 is 2.50 bits per heavy atom. The minimum Gasteiger partial charge on any atom is -0.493 e. The average Bonchev–Trinajstić information content (AvgIpc) is 2.72. The standard InChI is InChI=1S/C16H22O2/c1-10(2)14(17)12-8-11-6-7-18-15(11)13(9-12)16(3,4)5/h8-10H,6-7H2,1-5H3. The third-order valence-corrected chi connectivity index (χ3v) is 3.40. The average molecular weight is 246 g/mol. The van der Waals surface area contributed by atoms with Crippen LogP contribution < -0.4 is 4.74 Å². The highest BCUT2D eigenvalue weighted by Gasteiger charge is 2.27. The molecule has 0 radical (unpaired) electrons. The minimum atomic E-state index is 0.00168. The maximum Gasteiger partial charge on any atom is 0.165 e. The van der Waals surface area contributed by atoms with Crippen molar-refractivity contribution in [2.24, 2.45) is 5.92 Å². The molecule has 1 aliphatic heterocycles. The molecule has 2 rings (SSSR count). The smallest absolute Gasteiger partial charge is 0.165 e. The summed E-state index contributed by atoms with van der Waals surface area (Å²) in [5.41, 5.74) is 3.17. The molecule has 0 fully saturated rings. The lowest BCUT2D eigenvalue weighted by atomic mass is 9.83. The maximum absolute atomic E-state index is 12.2. The number of hydrogen-bond acceptors (Lipinski definition) is 2. The summed E-state index contributed by atoms with van der Waals surface area (Å²) in [5.74, 6) is 1.26. The van der Waals surface area contributed by atoms with Crippen LogP contribution in [-0.2, 0) is 11.8 Å². The Kier molecular flexibility index (Phi) is 3.22. The summed E-state index contributed by atoms with van der Waals surface area (Å²) in [6.07, 6.45) is 0.914. The van der Waals surface area contributed by atoms with E-state index in [1.807, 2.05) is 26.0 Å². The van der Waals surface area contributed by atoms with Crippen molar-refractivity contribution in [3.05, 3.63) is 28.8 Å². The van der Waals surface area contributed by atoms with Crippen molar-refractivity contribution in [1.82, 2.24) is 0 Å². The Balaban J connectivity index is 2.56. The van der Waals surface area contributed by atoms with E-state index in [0.29, 0.717) is 0 Å². The Morgan fingerprint density at radius 1 is 1.28 bits per heavy atom. The number of carbonyl (C=O) groups excluding carboxylic acids is 1. The topological polar surface area (TPSA) is 26.3 Å². The van der Waals surface area contributed by atoms with Gasteiger partial charge in [-0.1, -0.05) is 34.6 Å². The minimum absolute atomic E-state index is 0.00168. The van der Waals surface area contributed by atoms with E-state index in [-0.39, 0.29) is 17.1 Å². The first-order chi connectivity index (χ1) is 8.30. The van der Waals surface area contributed by atoms with E-state index in [9.17, 15) is 4.79 Å². The van der Waals surface area contributed by atoms with Gasteiger partial charge in [0.2, 0.25) is 0 Å². The molecule has 98 valence electrons. The quantitative estimate of drug-likeness (QED) is 0.743. The van der Waals surface area contributed by atoms with Crippen molar-refractivity contribution in [3.8, 4) is 5.75 Å². The van der Waals surface area contributed by atoms with Crippen molar-refractivity contribution in [2.75, 3.05) is 6.61 Å². The molecule has 0 atom stereocenters. The van der Waals surface area contributed by atoms with Crippen LogP contribution in [0.15, 0.2) is 12.1 Å². The van der Waals surface area contributed by atoms with Crippen molar-refractivity contribution in [2.45, 2.75) is 46.5 Å². The summed E-state index contributed by atoms with van der Waals surface area (Å²) in [4.78, 5) is 12.2. The highest BCUT2D eigenvalue weighted by atomic mass is 16.5. The summed E-state index contributed by atoms with van der Waals surface area (Å²) in [5, 5.41) is 0. The van der Waals surface area contributed by atoms with Gasteiger partial charge in [-0.15, -0.1) is 0 Å². The van der Waals surface area contributed by atoms with E-state index in [0.717, 1.165) is 29.9 Å². The second-order valence-corrected chi connectivity index (χ2v) is 6.38. The number of benzene rings is 1. The Hall–Kier alpha value is -1.31. The largest absolute Gasteiger partial charge is 0.493 e. The predicted octanol–water partition coefficient (Wildman–Crippen LogP) is 3.76. The van der Waals surface area contributed by atoms with Crippen LogP contribution in [0.2, 0.25) is 0 Å². The van der Waals surface area contributed by atoms with Crippen LogP contribution in [0.5, 0.6) is 5.75 Å². The zero-order valence-corrected chi connectivity index (χ0v) is 12.0. The highest BCUT2D eigenvalue weighted by Crippen LogP contribution is 2.38. The molecule has 0 unspecified atom stereocenters. The lowest BCUT2D eigenvalue weighted by Gasteiger charge is -2.23. The fourth-order valence-electron chi connectivity index (χ4n) is 2.34. The lowest BCUT2D eigenvalue weighted by Crippen LogP contribution is -2.15. The molecule has 0 aromatic heterocycles. The van der Waals surface area contributed by atoms with Gasteiger partial charge in [-0.25, -0.2) is 0 Å². The number of ketones is 1. The van der Waals surface area contributed by atoms with E-state index < -0.39 is 0 Å². The Morgan fingerprint density at radius 2 is 1.94 bits per heavy atom. The second-order valence-electron chi connectivity index (χ2n) is 6.38. The number of ether oxygens (including phenoxy) is 1. The maximum atomic E-state index is 12.2. The first-order valence-electron chi connectivity index (χ1n) is 6.65. The Bertz CT molecular complexity index is 479. The van der Waals surface area contributed by atoms with Crippen molar-refractivity contribution >= 4 is 5.78 Å². The highest BCUT2D eigenvalue weighted by molar-refractivity contribution is 5.98. The van der Waals surface area contributed by atoms with Gasteiger partial charge in [0.05, 0.1) is 6.61 Å². The predicted molar refractivity (Wildman–Crippen MR) is 73.5 cm³/mol. The molecule has 0 spiro atoms. The summed E-state index contributed by atoms with van der Waals surface area (Å²) >= 11 is 0. The molecule has 1 heterocycles. The van der Waals surface area contributed by atoms with Gasteiger partial charge in [-0.3, -0.25) is 4.79 Å². The Labute approximate surface area is 109 Å². The monoisotopic (exact) mass is 246 g/mol. The molecule has 0 N–H and O–H groups in total. The van der Waals surface area contributed by atoms with E-state index in [4.69, 9.17) is 4.74 Å². The molecule has 1 aliphatic rings. The molecular formula is C16H22O2. The number of rotatable bonds is 2. The SMILES string of the molecule is CC(C)C(=O)c1cc2c(c(C(C)(C)C)c1)OCC2. The summed E-state index contributed by atoms with van der Waals surface area (Å²) in [7, 11) is 0. The third kappa shape index (κ3) is 2.29. The van der Waals surface area contributed by atoms with Crippen molar-refractivity contribution in [3.63, 3.8) is 0 Å². The first-order valence-corrected chi connectivity index (χ1v) is 6.65. The van der Waals surface area contributed by atoms with Gasteiger partial charge < -0.3 is 4.74 Å². The number of Topliss-reactive ketones (excluding diaryl/α,β-unsaturated/α-hetero) is 1. The third-order valence-electron chi connectivity index (χ3n) is 3.40. The molecule has 18 heavy (non-hydrogen) atoms. The zero-order valence-electron chi connectivity index (χ0n) is 12.0. The van der Waals surface area contributed by atoms with E-state index in [1.54, 1.807) is 0 Å². The molecule has 0 saturated heterocycles. The number of fused-ring (bicyclic) bond motifs is 1. The van der Waals surface area contributed by atoms with Gasteiger partial charge in [0.15, 0.2) is 5.78 Å². The van der Waals surface area contributed by atoms with Crippen LogP contribution in [0.1, 0.15) is 56.1 Å². The molecular weight excluding hydrogens is 224 g/mol. The normalized spacial score (nSPS) is 14.6. The van der Waals surface area contributed by atoms with Crippen LogP contribution in [0.25, 0.3) is 0 Å². The number of carbonyl (C=O) groups is 1. The molecule has 2 nitrogen and oxygen atoms in total. The molecule has 2 heteroatoms. The molecule has 0 saturated carbocycles. The number of hydrogen-bond donors (Lipinski definition) is 0. The van der Waals surface area contributed by atoms with Crippen molar-refractivity contribution < 1.29 is 9.53 Å². The van der Waals surface area contributed by atoms with E-state index >= 15 is 0 Å². The van der Waals surface area contributed by atoms with Gasteiger partial charge in [0.1, 0.15) is 5.75 Å². The molecule has 1 aromatic carbocycles. The fraction of sp³-hybridized carbons (Fsp3) is 0.562. The van der Waals surface area contributed by atoms with Gasteiger partial charge >= 0.3 is 0 Å². The van der Waals surface area contributed by atoms with Crippen LogP contribution in [0.4, 0.5) is 0 Å². The summed E-state index contributed by atoms with van der Waals surface area (Å²) < 4.78 is 5.74. The second kappa shape index (κ2) is 4.42. The fourth-order valence-corrected chi connectivity index (χ4v) is 2.34. The van der Waals surface area contributed by atoms with Crippen molar-refractivity contribution in [1.29, 1.82) is 0 Å². The first kappa shape index (κ1) is 13.1. The molecule has 0 bridgehead atoms. The lowest BCUT2D eigenvalue weighted by molar-refractivity contribution is 0.0939. The van der Waals surface area contributed by atoms with Crippen LogP contribution in [0, 0.1) is 5.92 Å². The van der Waals surface area contributed by atoms with Crippen LogP contribution >= 0.6 is 0 Å². The van der Waals surface area contributed by atoms with Crippen LogP contribution in [0.3, 0.4) is 0 Å².